The van der Waals surface area contributed by atoms with Gasteiger partial charge in [0.1, 0.15) is 0 Å². The Morgan fingerprint density at radius 1 is 1.40 bits per heavy atom. The van der Waals surface area contributed by atoms with E-state index in [9.17, 15) is 4.79 Å². The second-order valence-electron chi connectivity index (χ2n) is 1.70. The van der Waals surface area contributed by atoms with Gasteiger partial charge in [-0.2, -0.15) is 0 Å². The van der Waals surface area contributed by atoms with Crippen LogP contribution in [0.5, 0.6) is 0 Å². The van der Waals surface area contributed by atoms with Crippen molar-refractivity contribution in [3.8, 4) is 0 Å². The first-order valence-corrected chi connectivity index (χ1v) is 3.78. The van der Waals surface area contributed by atoms with Crippen LogP contribution < -0.4 is 0 Å². The molecule has 5 nitrogen and oxygen atoms in total. The molecule has 6 heteroatoms. The van der Waals surface area contributed by atoms with Gasteiger partial charge in [0.15, 0.2) is 0 Å². The minimum Gasteiger partial charge on any atom is -0.349 e. The van der Waals surface area contributed by atoms with Gasteiger partial charge in [-0.25, -0.2) is 0 Å². The van der Waals surface area contributed by atoms with Gasteiger partial charge in [0, 0.05) is 21.0 Å². The summed E-state index contributed by atoms with van der Waals surface area (Å²) in [5.74, 6) is 0.0926. The molecule has 1 amide bonds. The molecule has 10 heavy (non-hydrogen) atoms. The molecule has 0 aliphatic heterocycles. The van der Waals surface area contributed by atoms with Gasteiger partial charge in [-0.3, -0.25) is 9.36 Å². The Labute approximate surface area is 60.2 Å². The lowest BCUT2D eigenvalue weighted by atomic mass is 10.7. The molecule has 0 heterocycles. The number of carbonyl (C=O) groups excluding carboxylic acids is 1. The van der Waals surface area contributed by atoms with Crippen molar-refractivity contribution >= 4 is 14.2 Å². The number of nitrogens with zero attached hydrogens (tertiary/aromatic N) is 1. The van der Waals surface area contributed by atoms with Crippen molar-refractivity contribution in [2.75, 3.05) is 14.1 Å². The van der Waals surface area contributed by atoms with Crippen LogP contribution in [0.4, 0.5) is 0 Å². The third kappa shape index (κ3) is 25.5. The Balaban J connectivity index is 0. The van der Waals surface area contributed by atoms with Crippen LogP contribution in [0.2, 0.25) is 0 Å². The Hall–Kier alpha value is -0.380. The zero-order chi connectivity index (χ0) is 8.73. The van der Waals surface area contributed by atoms with Crippen molar-refractivity contribution in [1.82, 2.24) is 4.90 Å². The minimum absolute atomic E-state index is 0.0926. The maximum Gasteiger partial charge on any atom is 0.314 e. The molecular formula is C4H12NO4P. The summed E-state index contributed by atoms with van der Waals surface area (Å²) in [7, 11) is 0.319. The molecule has 0 rings (SSSR count). The van der Waals surface area contributed by atoms with Crippen LogP contribution in [0, 0.1) is 0 Å². The van der Waals surface area contributed by atoms with Gasteiger partial charge >= 0.3 is 8.25 Å². The van der Waals surface area contributed by atoms with Crippen LogP contribution >= 0.6 is 8.25 Å². The van der Waals surface area contributed by atoms with Crippen LogP contribution in [-0.4, -0.2) is 34.7 Å². The zero-order valence-corrected chi connectivity index (χ0v) is 7.16. The third-order valence-corrected chi connectivity index (χ3v) is 0.630. The van der Waals surface area contributed by atoms with Gasteiger partial charge in [-0.05, 0) is 0 Å². The largest absolute Gasteiger partial charge is 0.349 e. The summed E-state index contributed by atoms with van der Waals surface area (Å²) in [6.07, 6.45) is 0. The normalized spacial score (nSPS) is 8.20. The number of amides is 1. The highest BCUT2D eigenvalue weighted by Crippen LogP contribution is 1.98. The fourth-order valence-electron chi connectivity index (χ4n) is 0. The van der Waals surface area contributed by atoms with E-state index in [1.54, 1.807) is 14.1 Å². The molecule has 0 aliphatic carbocycles. The van der Waals surface area contributed by atoms with E-state index in [-0.39, 0.29) is 5.91 Å². The van der Waals surface area contributed by atoms with Crippen LogP contribution in [-0.2, 0) is 9.36 Å². The molecular weight excluding hydrogens is 157 g/mol. The number of carbonyl (C=O) groups is 1. The van der Waals surface area contributed by atoms with Gasteiger partial charge in [0.2, 0.25) is 5.91 Å². The molecule has 0 saturated carbocycles. The average molecular weight is 169 g/mol. The van der Waals surface area contributed by atoms with Crippen LogP contribution in [0.25, 0.3) is 0 Å². The van der Waals surface area contributed by atoms with Crippen molar-refractivity contribution < 1.29 is 19.1 Å². The molecule has 0 aromatic carbocycles. The molecule has 0 aromatic rings. The van der Waals surface area contributed by atoms with Crippen LogP contribution in [0.15, 0.2) is 0 Å². The fourth-order valence-corrected chi connectivity index (χ4v) is 0. The number of rotatable bonds is 0. The van der Waals surface area contributed by atoms with Crippen molar-refractivity contribution in [3.63, 3.8) is 0 Å². The molecule has 0 radical (unpaired) electrons. The average Bonchev–Trinajstić information content (AvgIpc) is 1.63. The molecule has 0 saturated heterocycles. The first-order chi connectivity index (χ1) is 4.37. The smallest absolute Gasteiger partial charge is 0.314 e. The van der Waals surface area contributed by atoms with E-state index in [1.807, 2.05) is 0 Å². The van der Waals surface area contributed by atoms with Gasteiger partial charge in [-0.1, -0.05) is 0 Å². The Morgan fingerprint density at radius 2 is 1.50 bits per heavy atom. The summed E-state index contributed by atoms with van der Waals surface area (Å²) >= 11 is 0. The van der Waals surface area contributed by atoms with E-state index in [1.165, 1.54) is 11.8 Å². The van der Waals surface area contributed by atoms with Crippen molar-refractivity contribution in [2.24, 2.45) is 0 Å². The van der Waals surface area contributed by atoms with E-state index >= 15 is 0 Å². The van der Waals surface area contributed by atoms with Crippen molar-refractivity contribution in [2.45, 2.75) is 6.92 Å². The first kappa shape index (κ1) is 12.3. The molecule has 0 atom stereocenters. The number of hydrogen-bond acceptors (Lipinski definition) is 2. The van der Waals surface area contributed by atoms with Crippen LogP contribution in [0.3, 0.4) is 0 Å². The van der Waals surface area contributed by atoms with Gasteiger partial charge in [-0.15, -0.1) is 0 Å². The molecule has 0 aliphatic rings. The molecule has 0 aromatic heterocycles. The monoisotopic (exact) mass is 169 g/mol. The number of hydrogen-bond donors (Lipinski definition) is 2. The third-order valence-electron chi connectivity index (χ3n) is 0.630. The Bertz CT molecular complexity index is 120. The van der Waals surface area contributed by atoms with E-state index in [2.05, 4.69) is 0 Å². The van der Waals surface area contributed by atoms with E-state index in [0.717, 1.165) is 0 Å². The highest BCUT2D eigenvalue weighted by Gasteiger charge is 1.87. The molecule has 0 bridgehead atoms. The summed E-state index contributed by atoms with van der Waals surface area (Å²) < 4.78 is 8.74. The molecule has 2 N–H and O–H groups in total. The highest BCUT2D eigenvalue weighted by atomic mass is 31.1. The highest BCUT2D eigenvalue weighted by molar-refractivity contribution is 7.30. The predicted molar refractivity (Wildman–Crippen MR) is 37.8 cm³/mol. The van der Waals surface area contributed by atoms with Gasteiger partial charge in [0.05, 0.1) is 0 Å². The molecule has 0 spiro atoms. The SMILES string of the molecule is CC(=O)N(C)C.O=[PH](O)O. The summed E-state index contributed by atoms with van der Waals surface area (Å²) in [4.78, 5) is 25.9. The van der Waals surface area contributed by atoms with Crippen LogP contribution in [0.1, 0.15) is 6.92 Å². The Kier molecular flexibility index (Phi) is 8.29. The second-order valence-corrected chi connectivity index (χ2v) is 2.26. The standard InChI is InChI=1S/C4H9NO.H3O3P/c1-4(6)5(2)3;1-4(2)3/h1-3H3;4H,(H2,1,2,3). The first-order valence-electron chi connectivity index (χ1n) is 2.47. The lowest BCUT2D eigenvalue weighted by molar-refractivity contribution is -0.126. The quantitative estimate of drug-likeness (QED) is 0.477. The van der Waals surface area contributed by atoms with Gasteiger partial charge < -0.3 is 14.7 Å². The van der Waals surface area contributed by atoms with Crippen molar-refractivity contribution in [3.05, 3.63) is 0 Å². The predicted octanol–water partition coefficient (Wildman–Crippen LogP) is -0.545. The Morgan fingerprint density at radius 3 is 1.50 bits per heavy atom. The zero-order valence-electron chi connectivity index (χ0n) is 6.16. The summed E-state index contributed by atoms with van der Waals surface area (Å²) in [6.45, 7) is 1.53. The van der Waals surface area contributed by atoms with Crippen molar-refractivity contribution in [1.29, 1.82) is 0 Å². The summed E-state index contributed by atoms with van der Waals surface area (Å²) in [6, 6.07) is 0. The fraction of sp³-hybridized carbons (Fsp3) is 0.750. The van der Waals surface area contributed by atoms with E-state index in [0.29, 0.717) is 0 Å². The minimum atomic E-state index is -3.13. The van der Waals surface area contributed by atoms with E-state index < -0.39 is 8.25 Å². The summed E-state index contributed by atoms with van der Waals surface area (Å²) in [5, 5.41) is 0. The second kappa shape index (κ2) is 6.74. The van der Waals surface area contributed by atoms with E-state index in [4.69, 9.17) is 14.4 Å². The summed E-state index contributed by atoms with van der Waals surface area (Å²) in [5.41, 5.74) is 0. The maximum atomic E-state index is 10.1. The molecule has 0 unspecified atom stereocenters. The lowest BCUT2D eigenvalue weighted by Gasteiger charge is -2.02. The molecule has 0 fully saturated rings. The lowest BCUT2D eigenvalue weighted by Crippen LogP contribution is -2.17. The molecule has 62 valence electrons. The topological polar surface area (TPSA) is 77.8 Å². The van der Waals surface area contributed by atoms with Gasteiger partial charge in [0.25, 0.3) is 0 Å². The maximum absolute atomic E-state index is 10.1.